The van der Waals surface area contributed by atoms with Crippen LogP contribution in [0.1, 0.15) is 6.42 Å². The zero-order valence-electron chi connectivity index (χ0n) is 11.7. The molecule has 0 heterocycles. The number of hydrogen-bond acceptors (Lipinski definition) is 6. The molecule has 0 saturated heterocycles. The molecule has 0 amide bonds. The summed E-state index contributed by atoms with van der Waals surface area (Å²) in [7, 11) is -18.2. The SMILES string of the molecule is NCCCN.O=P(O)(O)CP(=O)(O)O.O=P(O)(O)CP(=O)(O)O. The highest BCUT2D eigenvalue weighted by Gasteiger charge is 2.27. The Hall–Kier alpha value is 0.520. The van der Waals surface area contributed by atoms with E-state index in [-0.39, 0.29) is 0 Å². The van der Waals surface area contributed by atoms with Gasteiger partial charge in [0.25, 0.3) is 0 Å². The minimum Gasteiger partial charge on any atom is -0.330 e. The van der Waals surface area contributed by atoms with Crippen molar-refractivity contribution < 1.29 is 57.4 Å². The third kappa shape index (κ3) is 45.0. The molecular weight excluding hydrogens is 404 g/mol. The van der Waals surface area contributed by atoms with Gasteiger partial charge in [-0.2, -0.15) is 0 Å². The normalized spacial score (nSPS) is 12.6. The van der Waals surface area contributed by atoms with E-state index in [0.717, 1.165) is 19.5 Å². The summed E-state index contributed by atoms with van der Waals surface area (Å²) in [5.74, 6) is -2.75. The van der Waals surface area contributed by atoms with Crippen molar-refractivity contribution in [1.29, 1.82) is 0 Å². The first kappa shape index (κ1) is 28.3. The Morgan fingerprint density at radius 3 is 0.696 bits per heavy atom. The first-order valence-electron chi connectivity index (χ1n) is 5.41. The summed E-state index contributed by atoms with van der Waals surface area (Å²) in [5.41, 5.74) is 10.1. The number of hydrogen-bond donors (Lipinski definition) is 10. The van der Waals surface area contributed by atoms with E-state index in [0.29, 0.717) is 0 Å². The topological polar surface area (TPSA) is 282 Å². The smallest absolute Gasteiger partial charge is 0.330 e. The van der Waals surface area contributed by atoms with Gasteiger partial charge in [0.1, 0.15) is 0 Å². The summed E-state index contributed by atoms with van der Waals surface area (Å²) in [6.07, 6.45) is 0.944. The lowest BCUT2D eigenvalue weighted by molar-refractivity contribution is 0.352. The molecule has 0 rings (SSSR count). The molecule has 0 unspecified atom stereocenters. The van der Waals surface area contributed by atoms with Crippen LogP contribution in [-0.2, 0) is 18.3 Å². The minimum atomic E-state index is -4.55. The zero-order chi connectivity index (χ0) is 19.5. The maximum Gasteiger partial charge on any atom is 0.337 e. The summed E-state index contributed by atoms with van der Waals surface area (Å²) >= 11 is 0. The summed E-state index contributed by atoms with van der Waals surface area (Å²) in [5, 5.41) is 0. The molecule has 0 aliphatic heterocycles. The molecule has 14 nitrogen and oxygen atoms in total. The van der Waals surface area contributed by atoms with E-state index >= 15 is 0 Å². The Balaban J connectivity index is -0.000000273. The maximum atomic E-state index is 9.85. The quantitative estimate of drug-likeness (QED) is 0.204. The largest absolute Gasteiger partial charge is 0.337 e. The average Bonchev–Trinajstić information content (AvgIpc) is 2.07. The van der Waals surface area contributed by atoms with Crippen LogP contribution in [-0.4, -0.2) is 64.0 Å². The number of rotatable bonds is 6. The molecule has 12 N–H and O–H groups in total. The van der Waals surface area contributed by atoms with E-state index in [1.807, 2.05) is 0 Å². The Kier molecular flexibility index (Phi) is 14.7. The van der Waals surface area contributed by atoms with Crippen LogP contribution in [0.2, 0.25) is 0 Å². The van der Waals surface area contributed by atoms with Crippen LogP contribution in [0.25, 0.3) is 0 Å². The van der Waals surface area contributed by atoms with Gasteiger partial charge < -0.3 is 50.6 Å². The Bertz CT molecular complexity index is 402. The predicted molar refractivity (Wildman–Crippen MR) is 80.6 cm³/mol. The Labute approximate surface area is 131 Å². The Morgan fingerprint density at radius 2 is 0.696 bits per heavy atom. The molecule has 144 valence electrons. The van der Waals surface area contributed by atoms with Gasteiger partial charge in [-0.3, -0.25) is 18.3 Å². The van der Waals surface area contributed by atoms with Crippen molar-refractivity contribution in [3.8, 4) is 0 Å². The molecule has 18 heteroatoms. The van der Waals surface area contributed by atoms with Gasteiger partial charge >= 0.3 is 30.4 Å². The third-order valence-corrected chi connectivity index (χ3v) is 7.04. The lowest BCUT2D eigenvalue weighted by Gasteiger charge is -2.03. The van der Waals surface area contributed by atoms with E-state index in [1.54, 1.807) is 0 Å². The lowest BCUT2D eigenvalue weighted by Crippen LogP contribution is -2.06. The van der Waals surface area contributed by atoms with E-state index in [2.05, 4.69) is 0 Å². The molecule has 23 heavy (non-hydrogen) atoms. The van der Waals surface area contributed by atoms with Crippen molar-refractivity contribution >= 4 is 30.4 Å². The van der Waals surface area contributed by atoms with Crippen LogP contribution in [0, 0.1) is 0 Å². The molecule has 0 bridgehead atoms. The molecule has 0 radical (unpaired) electrons. The fourth-order valence-electron chi connectivity index (χ4n) is 0.598. The Morgan fingerprint density at radius 1 is 0.522 bits per heavy atom. The molecule has 0 aromatic rings. The molecule has 0 aromatic carbocycles. The standard InChI is InChI=1S/C3H10N2.2CH6O6P2/c4-2-1-3-5;2*2-8(3,4)1-9(5,6)7/h1-5H2;2*1H2,(H2,2,3,4)(H2,5,6,7). The van der Waals surface area contributed by atoms with Crippen molar-refractivity contribution in [2.45, 2.75) is 6.42 Å². The van der Waals surface area contributed by atoms with Gasteiger partial charge in [-0.1, -0.05) is 0 Å². The zero-order valence-corrected chi connectivity index (χ0v) is 15.3. The van der Waals surface area contributed by atoms with E-state index < -0.39 is 42.2 Å². The highest BCUT2D eigenvalue weighted by Crippen LogP contribution is 2.52. The molecule has 0 spiro atoms. The first-order chi connectivity index (χ1) is 9.83. The van der Waals surface area contributed by atoms with Crippen molar-refractivity contribution in [3.05, 3.63) is 0 Å². The van der Waals surface area contributed by atoms with Gasteiger partial charge in [-0.05, 0) is 19.5 Å². The monoisotopic (exact) mass is 426 g/mol. The van der Waals surface area contributed by atoms with E-state index in [9.17, 15) is 18.3 Å². The molecule has 0 fully saturated rings. The third-order valence-electron chi connectivity index (χ3n) is 1.15. The molecule has 0 aliphatic rings. The summed E-state index contributed by atoms with van der Waals surface area (Å²) in [6.45, 7) is 1.44. The van der Waals surface area contributed by atoms with Crippen LogP contribution >= 0.6 is 30.4 Å². The van der Waals surface area contributed by atoms with Crippen molar-refractivity contribution in [2.75, 3.05) is 24.9 Å². The van der Waals surface area contributed by atoms with Gasteiger partial charge in [0.2, 0.25) is 0 Å². The minimum absolute atomic E-state index is 0.719. The molecule has 0 saturated carbocycles. The van der Waals surface area contributed by atoms with Gasteiger partial charge in [0.15, 0.2) is 11.8 Å². The maximum absolute atomic E-state index is 9.85. The summed E-state index contributed by atoms with van der Waals surface area (Å²) < 4.78 is 39.4. The first-order valence-corrected chi connectivity index (χ1v) is 12.6. The van der Waals surface area contributed by atoms with Crippen LogP contribution in [0.3, 0.4) is 0 Å². The second-order valence-corrected chi connectivity index (χ2v) is 11.5. The highest BCUT2D eigenvalue weighted by atomic mass is 31.2. The fraction of sp³-hybridized carbons (Fsp3) is 1.00. The van der Waals surface area contributed by atoms with Gasteiger partial charge in [0.05, 0.1) is 0 Å². The summed E-state index contributed by atoms with van der Waals surface area (Å²) in [6, 6.07) is 0. The molecule has 0 atom stereocenters. The second kappa shape index (κ2) is 12.0. The van der Waals surface area contributed by atoms with Gasteiger partial charge in [0, 0.05) is 0 Å². The van der Waals surface area contributed by atoms with Crippen molar-refractivity contribution in [3.63, 3.8) is 0 Å². The van der Waals surface area contributed by atoms with Crippen LogP contribution < -0.4 is 11.5 Å². The van der Waals surface area contributed by atoms with Crippen molar-refractivity contribution in [1.82, 2.24) is 0 Å². The number of nitrogens with two attached hydrogens (primary N) is 2. The summed E-state index contributed by atoms with van der Waals surface area (Å²) in [4.78, 5) is 63.8. The second-order valence-electron chi connectivity index (χ2n) is 3.87. The van der Waals surface area contributed by atoms with Gasteiger partial charge in [-0.25, -0.2) is 0 Å². The van der Waals surface area contributed by atoms with E-state index in [4.69, 9.17) is 50.6 Å². The van der Waals surface area contributed by atoms with Crippen LogP contribution in [0.15, 0.2) is 0 Å². The fourth-order valence-corrected chi connectivity index (χ4v) is 4.44. The highest BCUT2D eigenvalue weighted by molar-refractivity contribution is 7.69. The molecule has 0 aliphatic carbocycles. The van der Waals surface area contributed by atoms with Crippen LogP contribution in [0.5, 0.6) is 0 Å². The predicted octanol–water partition coefficient (Wildman–Crippen LogP) is -2.11. The van der Waals surface area contributed by atoms with Crippen molar-refractivity contribution in [2.24, 2.45) is 11.5 Å². The molecule has 0 aromatic heterocycles. The van der Waals surface area contributed by atoms with E-state index in [1.165, 1.54) is 0 Å². The average molecular weight is 426 g/mol. The van der Waals surface area contributed by atoms with Gasteiger partial charge in [-0.15, -0.1) is 0 Å². The van der Waals surface area contributed by atoms with Crippen LogP contribution in [0.4, 0.5) is 0 Å². The lowest BCUT2D eigenvalue weighted by atomic mass is 10.4. The molecular formula is C5H22N2O12P4.